The van der Waals surface area contributed by atoms with Gasteiger partial charge in [0.15, 0.2) is 0 Å². The first-order valence-corrected chi connectivity index (χ1v) is 4.15. The van der Waals surface area contributed by atoms with Crippen LogP contribution in [0.25, 0.3) is 0 Å². The lowest BCUT2D eigenvalue weighted by Gasteiger charge is -2.66. The number of rotatable bonds is 0. The van der Waals surface area contributed by atoms with Crippen molar-refractivity contribution in [1.29, 1.82) is 0 Å². The van der Waals surface area contributed by atoms with Crippen LogP contribution < -0.4 is 0 Å². The molecule has 0 aromatic carbocycles. The van der Waals surface area contributed by atoms with Gasteiger partial charge < -0.3 is 0 Å². The molecule has 0 amide bonds. The molecule has 2 atom stereocenters. The van der Waals surface area contributed by atoms with Crippen molar-refractivity contribution in [1.82, 2.24) is 0 Å². The molecule has 0 N–H and O–H groups in total. The highest BCUT2D eigenvalue weighted by atomic mass is 14.6. The van der Waals surface area contributed by atoms with Crippen molar-refractivity contribution in [2.45, 2.75) is 33.6 Å². The largest absolute Gasteiger partial charge is 0.0620 e. The molecule has 0 aromatic heterocycles. The monoisotopic (exact) mass is 124 g/mol. The van der Waals surface area contributed by atoms with E-state index in [0.29, 0.717) is 0 Å². The highest BCUT2D eigenvalue weighted by molar-refractivity contribution is 5.08. The van der Waals surface area contributed by atoms with E-state index in [1.807, 2.05) is 0 Å². The second kappa shape index (κ2) is 1.36. The molecular weight excluding hydrogens is 108 g/mol. The van der Waals surface area contributed by atoms with Gasteiger partial charge in [0, 0.05) is 0 Å². The molecule has 0 saturated heterocycles. The standard InChI is InChI=1S/C9H16/c1-6-4-8-5-7(2)9(6,8)3/h6-8H,4-5H2,1-3H3. The van der Waals surface area contributed by atoms with Crippen molar-refractivity contribution in [3.05, 3.63) is 0 Å². The molecule has 0 nitrogen and oxygen atoms in total. The van der Waals surface area contributed by atoms with Crippen LogP contribution in [0.5, 0.6) is 0 Å². The zero-order chi connectivity index (χ0) is 6.65. The van der Waals surface area contributed by atoms with E-state index < -0.39 is 0 Å². The number of hydrogen-bond acceptors (Lipinski definition) is 0. The summed E-state index contributed by atoms with van der Waals surface area (Å²) in [6.45, 7) is 7.29. The summed E-state index contributed by atoms with van der Waals surface area (Å²) in [5.41, 5.74) is 0.778. The molecule has 9 heavy (non-hydrogen) atoms. The van der Waals surface area contributed by atoms with E-state index in [9.17, 15) is 0 Å². The van der Waals surface area contributed by atoms with E-state index in [-0.39, 0.29) is 0 Å². The third-order valence-corrected chi connectivity index (χ3v) is 4.28. The summed E-state index contributed by atoms with van der Waals surface area (Å²) >= 11 is 0. The van der Waals surface area contributed by atoms with Crippen molar-refractivity contribution >= 4 is 0 Å². The van der Waals surface area contributed by atoms with Crippen LogP contribution in [0.2, 0.25) is 0 Å². The van der Waals surface area contributed by atoms with Gasteiger partial charge in [0.1, 0.15) is 0 Å². The second-order valence-electron chi connectivity index (χ2n) is 4.34. The van der Waals surface area contributed by atoms with E-state index in [1.165, 1.54) is 12.8 Å². The first kappa shape index (κ1) is 5.76. The van der Waals surface area contributed by atoms with Gasteiger partial charge in [-0.1, -0.05) is 20.8 Å². The van der Waals surface area contributed by atoms with Crippen molar-refractivity contribution < 1.29 is 0 Å². The predicted molar refractivity (Wildman–Crippen MR) is 39.2 cm³/mol. The molecule has 0 spiro atoms. The molecular formula is C9H16. The molecule has 2 rings (SSSR count). The Labute approximate surface area is 57.6 Å². The van der Waals surface area contributed by atoms with Crippen molar-refractivity contribution in [2.24, 2.45) is 23.2 Å². The fourth-order valence-corrected chi connectivity index (χ4v) is 2.93. The zero-order valence-corrected chi connectivity index (χ0v) is 6.65. The lowest BCUT2D eigenvalue weighted by Crippen LogP contribution is -2.58. The Kier molecular flexibility index (Phi) is 0.868. The summed E-state index contributed by atoms with van der Waals surface area (Å²) in [5.74, 6) is 3.15. The lowest BCUT2D eigenvalue weighted by molar-refractivity contribution is -0.170. The molecule has 0 radical (unpaired) electrons. The molecule has 0 aromatic rings. The summed E-state index contributed by atoms with van der Waals surface area (Å²) in [6.07, 6.45) is 3.03. The lowest BCUT2D eigenvalue weighted by atomic mass is 9.39. The van der Waals surface area contributed by atoms with E-state index in [4.69, 9.17) is 0 Å². The first-order valence-electron chi connectivity index (χ1n) is 4.15. The molecule has 2 aliphatic rings. The first-order chi connectivity index (χ1) is 4.15. The summed E-state index contributed by atoms with van der Waals surface area (Å²) < 4.78 is 0. The van der Waals surface area contributed by atoms with Gasteiger partial charge in [-0.15, -0.1) is 0 Å². The maximum Gasteiger partial charge on any atom is -0.0246 e. The predicted octanol–water partition coefficient (Wildman–Crippen LogP) is 2.69. The van der Waals surface area contributed by atoms with Crippen LogP contribution in [0.3, 0.4) is 0 Å². The van der Waals surface area contributed by atoms with Crippen molar-refractivity contribution in [3.63, 3.8) is 0 Å². The molecule has 0 aliphatic heterocycles. The fraction of sp³-hybridized carbons (Fsp3) is 1.00. The van der Waals surface area contributed by atoms with Gasteiger partial charge in [-0.3, -0.25) is 0 Å². The van der Waals surface area contributed by atoms with E-state index in [2.05, 4.69) is 20.8 Å². The molecule has 52 valence electrons. The average Bonchev–Trinajstić information content (AvgIpc) is 1.86. The summed E-state index contributed by atoms with van der Waals surface area (Å²) in [6, 6.07) is 0. The third kappa shape index (κ3) is 0.426. The highest BCUT2D eigenvalue weighted by Gasteiger charge is 2.59. The highest BCUT2D eigenvalue weighted by Crippen LogP contribution is 2.67. The molecule has 0 heteroatoms. The Bertz CT molecular complexity index is 115. The smallest absolute Gasteiger partial charge is 0.0246 e. The van der Waals surface area contributed by atoms with Crippen LogP contribution in [0.4, 0.5) is 0 Å². The van der Waals surface area contributed by atoms with Gasteiger partial charge in [-0.2, -0.15) is 0 Å². The number of fused-ring (bicyclic) bond motifs is 1. The van der Waals surface area contributed by atoms with Crippen LogP contribution in [0.1, 0.15) is 33.6 Å². The summed E-state index contributed by atoms with van der Waals surface area (Å²) in [4.78, 5) is 0. The summed E-state index contributed by atoms with van der Waals surface area (Å²) in [7, 11) is 0. The SMILES string of the molecule is CC1CC2CC(C)C12C. The normalized spacial score (nSPS) is 63.7. The Morgan fingerprint density at radius 3 is 1.67 bits per heavy atom. The minimum Gasteiger partial charge on any atom is -0.0620 e. The van der Waals surface area contributed by atoms with Crippen LogP contribution >= 0.6 is 0 Å². The minimum absolute atomic E-state index is 0.778. The second-order valence-corrected chi connectivity index (χ2v) is 4.34. The minimum atomic E-state index is 0.778. The van der Waals surface area contributed by atoms with E-state index in [1.54, 1.807) is 0 Å². The Morgan fingerprint density at radius 1 is 1.11 bits per heavy atom. The van der Waals surface area contributed by atoms with Crippen LogP contribution in [0.15, 0.2) is 0 Å². The maximum absolute atomic E-state index is 2.47. The average molecular weight is 124 g/mol. The number of hydrogen-bond donors (Lipinski definition) is 0. The fourth-order valence-electron chi connectivity index (χ4n) is 2.93. The zero-order valence-electron chi connectivity index (χ0n) is 6.65. The maximum atomic E-state index is 2.47. The van der Waals surface area contributed by atoms with Gasteiger partial charge in [0.05, 0.1) is 0 Å². The third-order valence-electron chi connectivity index (χ3n) is 4.28. The van der Waals surface area contributed by atoms with Crippen LogP contribution in [-0.4, -0.2) is 0 Å². The molecule has 2 unspecified atom stereocenters. The molecule has 2 saturated carbocycles. The Morgan fingerprint density at radius 2 is 1.56 bits per heavy atom. The molecule has 0 bridgehead atoms. The van der Waals surface area contributed by atoms with Crippen LogP contribution in [0, 0.1) is 23.2 Å². The van der Waals surface area contributed by atoms with Gasteiger partial charge in [0.25, 0.3) is 0 Å². The van der Waals surface area contributed by atoms with Gasteiger partial charge in [-0.25, -0.2) is 0 Å². The van der Waals surface area contributed by atoms with Gasteiger partial charge >= 0.3 is 0 Å². The quantitative estimate of drug-likeness (QED) is 0.465. The molecule has 2 fully saturated rings. The molecule has 0 heterocycles. The van der Waals surface area contributed by atoms with Crippen LogP contribution in [-0.2, 0) is 0 Å². The molecule has 2 aliphatic carbocycles. The van der Waals surface area contributed by atoms with Crippen molar-refractivity contribution in [2.75, 3.05) is 0 Å². The Hall–Kier alpha value is 0. The van der Waals surface area contributed by atoms with E-state index in [0.717, 1.165) is 23.2 Å². The summed E-state index contributed by atoms with van der Waals surface area (Å²) in [5, 5.41) is 0. The van der Waals surface area contributed by atoms with Gasteiger partial charge in [0.2, 0.25) is 0 Å². The Balaban J connectivity index is 2.14. The van der Waals surface area contributed by atoms with E-state index >= 15 is 0 Å². The topological polar surface area (TPSA) is 0 Å². The van der Waals surface area contributed by atoms with Crippen molar-refractivity contribution in [3.8, 4) is 0 Å². The van der Waals surface area contributed by atoms with Gasteiger partial charge in [-0.05, 0) is 36.0 Å².